The van der Waals surface area contributed by atoms with Crippen LogP contribution in [0.15, 0.2) is 22.7 Å². The summed E-state index contributed by atoms with van der Waals surface area (Å²) in [7, 11) is -3.52. The first-order valence-corrected chi connectivity index (χ1v) is 11.7. The Hall–Kier alpha value is -0.830. The Bertz CT molecular complexity index is 780. The zero-order chi connectivity index (χ0) is 20.2. The molecule has 0 aromatic heterocycles. The number of nitrogens with zero attached hydrogens (tertiary/aromatic N) is 1. The van der Waals surface area contributed by atoms with Crippen LogP contribution in [0.3, 0.4) is 0 Å². The lowest BCUT2D eigenvalue weighted by atomic mass is 9.99. The topological polar surface area (TPSA) is 75.7 Å². The maximum atomic E-state index is 12.4. The highest BCUT2D eigenvalue weighted by Crippen LogP contribution is 2.23. The van der Waals surface area contributed by atoms with Gasteiger partial charge in [0.2, 0.25) is 10.0 Å². The van der Waals surface area contributed by atoms with Crippen molar-refractivity contribution in [2.45, 2.75) is 45.0 Å². The minimum atomic E-state index is -3.52. The van der Waals surface area contributed by atoms with Crippen molar-refractivity contribution < 1.29 is 17.9 Å². The molecule has 1 aliphatic rings. The lowest BCUT2D eigenvalue weighted by Crippen LogP contribution is -2.45. The van der Waals surface area contributed by atoms with E-state index in [9.17, 15) is 13.2 Å². The summed E-state index contributed by atoms with van der Waals surface area (Å²) in [6, 6.07) is 5.12. The standard InChI is InChI=1S/C18H26BrClN2O4S/c1-18(2,3)26-17(23)22-8-4-5-13(11-22)10-21-27(24,25)12-14-6-7-15(19)9-16(14)20/h6-7,9,13,21H,4-5,8,10-12H2,1-3H3/t13-/m0/s1. The summed E-state index contributed by atoms with van der Waals surface area (Å²) >= 11 is 9.41. The third kappa shape index (κ3) is 7.60. The third-order valence-electron chi connectivity index (χ3n) is 4.12. The van der Waals surface area contributed by atoms with Crippen molar-refractivity contribution in [2.24, 2.45) is 5.92 Å². The lowest BCUT2D eigenvalue weighted by Gasteiger charge is -2.34. The Morgan fingerprint density at radius 3 is 2.74 bits per heavy atom. The van der Waals surface area contributed by atoms with E-state index >= 15 is 0 Å². The molecule has 27 heavy (non-hydrogen) atoms. The molecule has 1 amide bonds. The Morgan fingerprint density at radius 2 is 2.11 bits per heavy atom. The number of hydrogen-bond acceptors (Lipinski definition) is 4. The van der Waals surface area contributed by atoms with Crippen molar-refractivity contribution in [1.82, 2.24) is 9.62 Å². The average Bonchev–Trinajstić information content (AvgIpc) is 2.54. The van der Waals surface area contributed by atoms with Crippen LogP contribution >= 0.6 is 27.5 Å². The van der Waals surface area contributed by atoms with Gasteiger partial charge in [-0.05, 0) is 57.2 Å². The molecule has 1 fully saturated rings. The molecule has 6 nitrogen and oxygen atoms in total. The zero-order valence-electron chi connectivity index (χ0n) is 15.8. The van der Waals surface area contributed by atoms with Gasteiger partial charge in [-0.25, -0.2) is 17.9 Å². The average molecular weight is 482 g/mol. The van der Waals surface area contributed by atoms with Gasteiger partial charge >= 0.3 is 6.09 Å². The number of amides is 1. The van der Waals surface area contributed by atoms with Crippen molar-refractivity contribution >= 4 is 43.6 Å². The van der Waals surface area contributed by atoms with Gasteiger partial charge in [0.15, 0.2) is 0 Å². The molecule has 1 aromatic carbocycles. The summed E-state index contributed by atoms with van der Waals surface area (Å²) in [6.07, 6.45) is 1.34. The number of hydrogen-bond donors (Lipinski definition) is 1. The van der Waals surface area contributed by atoms with Gasteiger partial charge < -0.3 is 9.64 Å². The maximum Gasteiger partial charge on any atom is 0.410 e. The predicted molar refractivity (Wildman–Crippen MR) is 110 cm³/mol. The second-order valence-electron chi connectivity index (χ2n) is 7.78. The van der Waals surface area contributed by atoms with Gasteiger partial charge in [0.1, 0.15) is 5.60 Å². The fourth-order valence-electron chi connectivity index (χ4n) is 2.86. The Balaban J connectivity index is 1.90. The number of piperidine rings is 1. The second kappa shape index (κ2) is 9.11. The van der Waals surface area contributed by atoms with Crippen LogP contribution in [-0.2, 0) is 20.5 Å². The fourth-order valence-corrected chi connectivity index (χ4v) is 4.94. The molecule has 1 heterocycles. The van der Waals surface area contributed by atoms with Gasteiger partial charge in [0.05, 0.1) is 5.75 Å². The predicted octanol–water partition coefficient (Wildman–Crippen LogP) is 4.17. The number of benzene rings is 1. The van der Waals surface area contributed by atoms with Crippen molar-refractivity contribution in [1.29, 1.82) is 0 Å². The van der Waals surface area contributed by atoms with E-state index in [2.05, 4.69) is 20.7 Å². The first kappa shape index (κ1) is 22.5. The first-order chi connectivity index (χ1) is 12.5. The lowest BCUT2D eigenvalue weighted by molar-refractivity contribution is 0.0169. The molecule has 1 atom stereocenters. The highest BCUT2D eigenvalue weighted by molar-refractivity contribution is 9.10. The summed E-state index contributed by atoms with van der Waals surface area (Å²) < 4.78 is 33.6. The van der Waals surface area contributed by atoms with E-state index in [1.807, 2.05) is 20.8 Å². The second-order valence-corrected chi connectivity index (χ2v) is 10.9. The highest BCUT2D eigenvalue weighted by atomic mass is 79.9. The molecule has 2 rings (SSSR count). The van der Waals surface area contributed by atoms with Crippen molar-refractivity contribution in [3.05, 3.63) is 33.3 Å². The number of rotatable bonds is 5. The summed E-state index contributed by atoms with van der Waals surface area (Å²) in [5.41, 5.74) is 0.00152. The molecule has 1 N–H and O–H groups in total. The molecule has 0 bridgehead atoms. The van der Waals surface area contributed by atoms with E-state index in [1.54, 1.807) is 23.1 Å². The third-order valence-corrected chi connectivity index (χ3v) is 6.27. The van der Waals surface area contributed by atoms with Gasteiger partial charge in [0.25, 0.3) is 0 Å². The smallest absolute Gasteiger partial charge is 0.410 e. The van der Waals surface area contributed by atoms with Crippen LogP contribution in [0.5, 0.6) is 0 Å². The van der Waals surface area contributed by atoms with Gasteiger partial charge in [-0.2, -0.15) is 0 Å². The number of ether oxygens (including phenoxy) is 1. The number of likely N-dealkylation sites (tertiary alicyclic amines) is 1. The number of nitrogens with one attached hydrogen (secondary N) is 1. The first-order valence-electron chi connectivity index (χ1n) is 8.84. The molecule has 1 saturated heterocycles. The van der Waals surface area contributed by atoms with Crippen LogP contribution in [0.4, 0.5) is 4.79 Å². The Labute approximate surface area is 174 Å². The van der Waals surface area contributed by atoms with E-state index in [0.29, 0.717) is 23.7 Å². The van der Waals surface area contributed by atoms with E-state index in [4.69, 9.17) is 16.3 Å². The molecular formula is C18H26BrClN2O4S. The minimum absolute atomic E-state index is 0.0569. The molecule has 9 heteroatoms. The van der Waals surface area contributed by atoms with Gasteiger partial charge in [-0.3, -0.25) is 0 Å². The number of halogens is 2. The highest BCUT2D eigenvalue weighted by Gasteiger charge is 2.28. The van der Waals surface area contributed by atoms with Crippen LogP contribution in [0, 0.1) is 5.92 Å². The zero-order valence-corrected chi connectivity index (χ0v) is 19.0. The van der Waals surface area contributed by atoms with Crippen LogP contribution in [0.2, 0.25) is 5.02 Å². The quantitative estimate of drug-likeness (QED) is 0.685. The molecule has 152 valence electrons. The molecular weight excluding hydrogens is 456 g/mol. The SMILES string of the molecule is CC(C)(C)OC(=O)N1CCC[C@@H](CNS(=O)(=O)Cc2ccc(Br)cc2Cl)C1. The normalized spacial score (nSPS) is 18.4. The molecule has 1 aliphatic heterocycles. The van der Waals surface area contributed by atoms with Crippen molar-refractivity contribution in [3.63, 3.8) is 0 Å². The summed E-state index contributed by atoms with van der Waals surface area (Å²) in [5, 5.41) is 0.406. The van der Waals surface area contributed by atoms with E-state index in [-0.39, 0.29) is 24.3 Å². The number of sulfonamides is 1. The largest absolute Gasteiger partial charge is 0.444 e. The van der Waals surface area contributed by atoms with Gasteiger partial charge in [-0.1, -0.05) is 33.6 Å². The van der Waals surface area contributed by atoms with Crippen LogP contribution < -0.4 is 4.72 Å². The van der Waals surface area contributed by atoms with Gasteiger partial charge in [0, 0.05) is 29.1 Å². The van der Waals surface area contributed by atoms with Crippen molar-refractivity contribution in [2.75, 3.05) is 19.6 Å². The summed E-state index contributed by atoms with van der Waals surface area (Å²) in [4.78, 5) is 13.9. The van der Waals surface area contributed by atoms with Crippen LogP contribution in [-0.4, -0.2) is 44.6 Å². The Morgan fingerprint density at radius 1 is 1.41 bits per heavy atom. The number of carbonyl (C=O) groups excluding carboxylic acids is 1. The van der Waals surface area contributed by atoms with Gasteiger partial charge in [-0.15, -0.1) is 0 Å². The van der Waals surface area contributed by atoms with Crippen molar-refractivity contribution in [3.8, 4) is 0 Å². The molecule has 1 aromatic rings. The fraction of sp³-hybridized carbons (Fsp3) is 0.611. The summed E-state index contributed by atoms with van der Waals surface area (Å²) in [6.45, 7) is 6.88. The summed E-state index contributed by atoms with van der Waals surface area (Å²) in [5.74, 6) is -0.122. The monoisotopic (exact) mass is 480 g/mol. The Kier molecular flexibility index (Phi) is 7.58. The molecule has 0 unspecified atom stereocenters. The minimum Gasteiger partial charge on any atom is -0.444 e. The maximum absolute atomic E-state index is 12.4. The number of carbonyl (C=O) groups is 1. The molecule has 0 saturated carbocycles. The van der Waals surface area contributed by atoms with Crippen LogP contribution in [0.1, 0.15) is 39.2 Å². The van der Waals surface area contributed by atoms with E-state index in [1.165, 1.54) is 0 Å². The molecule has 0 aliphatic carbocycles. The molecule has 0 radical (unpaired) electrons. The van der Waals surface area contributed by atoms with Crippen LogP contribution in [0.25, 0.3) is 0 Å². The van der Waals surface area contributed by atoms with E-state index < -0.39 is 15.6 Å². The molecule has 0 spiro atoms. The van der Waals surface area contributed by atoms with E-state index in [0.717, 1.165) is 17.3 Å².